The number of rotatable bonds is 8. The first-order chi connectivity index (χ1) is 19.7. The van der Waals surface area contributed by atoms with Crippen LogP contribution in [0.3, 0.4) is 0 Å². The molecule has 3 aromatic heterocycles. The Kier molecular flexibility index (Phi) is 9.91. The van der Waals surface area contributed by atoms with Gasteiger partial charge in [0.2, 0.25) is 0 Å². The van der Waals surface area contributed by atoms with Crippen LogP contribution in [0.15, 0.2) is 30.3 Å². The van der Waals surface area contributed by atoms with E-state index in [0.29, 0.717) is 29.6 Å². The van der Waals surface area contributed by atoms with Gasteiger partial charge in [0.15, 0.2) is 0 Å². The van der Waals surface area contributed by atoms with Crippen molar-refractivity contribution in [3.63, 3.8) is 0 Å². The molecular weight excluding hydrogens is 633 g/mol. The van der Waals surface area contributed by atoms with Gasteiger partial charge in [-0.15, -0.1) is 22.1 Å². The Hall–Kier alpha value is -2.59. The van der Waals surface area contributed by atoms with Crippen molar-refractivity contribution < 1.29 is 45.5 Å². The minimum absolute atomic E-state index is 0. The maximum atomic E-state index is 11.6. The van der Waals surface area contributed by atoms with Gasteiger partial charge in [-0.1, -0.05) is 47.0 Å². The molecule has 3 aromatic rings. The van der Waals surface area contributed by atoms with Crippen LogP contribution >= 0.6 is 15.2 Å². The van der Waals surface area contributed by atoms with E-state index >= 15 is 0 Å². The summed E-state index contributed by atoms with van der Waals surface area (Å²) in [5, 5.41) is 0. The molecule has 43 heavy (non-hydrogen) atoms. The fourth-order valence-corrected chi connectivity index (χ4v) is 6.56. The normalized spacial score (nSPS) is 13.7. The van der Waals surface area contributed by atoms with Crippen LogP contribution in [0, 0.1) is 13.8 Å². The molecule has 0 saturated heterocycles. The number of hydrogen-bond acceptors (Lipinski definition) is 4. The smallest absolute Gasteiger partial charge is 0.658 e. The second-order valence-electron chi connectivity index (χ2n) is 11.0. The van der Waals surface area contributed by atoms with Crippen molar-refractivity contribution in [3.8, 4) is 0 Å². The Bertz CT molecular complexity index is 1900. The van der Waals surface area contributed by atoms with Gasteiger partial charge in [0, 0.05) is 0 Å². The third kappa shape index (κ3) is 7.93. The first-order valence-electron chi connectivity index (χ1n) is 13.8. The van der Waals surface area contributed by atoms with E-state index in [9.17, 15) is 28.7 Å². The van der Waals surface area contributed by atoms with Gasteiger partial charge in [-0.3, -0.25) is 9.13 Å². The predicted molar refractivity (Wildman–Crippen MR) is 166 cm³/mol. The SMILES string of the molecule is CC1=Cc2cc3[n-]c(cc4nc(cc5[n-]c(cc1n2)cc5C)C(C)=C4CCCP(=O)(O)O)c(CCCP(=O)(O)O)c3C.[Co+2]. The number of hydrogen-bond donors (Lipinski definition) is 4. The van der Waals surface area contributed by atoms with Crippen LogP contribution in [0.25, 0.3) is 44.9 Å². The van der Waals surface area contributed by atoms with Gasteiger partial charge in [-0.25, -0.2) is 9.97 Å². The van der Waals surface area contributed by atoms with Crippen LogP contribution in [0.5, 0.6) is 0 Å². The Morgan fingerprint density at radius 1 is 0.721 bits per heavy atom. The minimum Gasteiger partial charge on any atom is -0.658 e. The van der Waals surface area contributed by atoms with Gasteiger partial charge >= 0.3 is 32.0 Å². The molecule has 229 valence electrons. The Morgan fingerprint density at radius 3 is 2.05 bits per heavy atom. The van der Waals surface area contributed by atoms with Crippen LogP contribution < -0.4 is 9.97 Å². The van der Waals surface area contributed by atoms with Crippen molar-refractivity contribution in [1.82, 2.24) is 19.9 Å². The van der Waals surface area contributed by atoms with Gasteiger partial charge in [-0.2, -0.15) is 0 Å². The molecular formula is C30H34CoN4O6P2. The average Bonchev–Trinajstić information content (AvgIpc) is 3.56. The van der Waals surface area contributed by atoms with E-state index in [1.807, 2.05) is 64.1 Å². The molecule has 2 aliphatic heterocycles. The molecule has 2 aliphatic rings. The summed E-state index contributed by atoms with van der Waals surface area (Å²) in [6, 6.07) is 9.67. The van der Waals surface area contributed by atoms with Crippen molar-refractivity contribution in [2.75, 3.05) is 12.3 Å². The second kappa shape index (κ2) is 12.8. The topological polar surface area (TPSA) is 169 Å². The molecule has 0 atom stereocenters. The molecule has 0 fully saturated rings. The molecule has 8 bridgehead atoms. The zero-order valence-electron chi connectivity index (χ0n) is 24.3. The van der Waals surface area contributed by atoms with Crippen LogP contribution in [0.1, 0.15) is 72.6 Å². The zero-order valence-corrected chi connectivity index (χ0v) is 27.2. The van der Waals surface area contributed by atoms with E-state index in [1.165, 1.54) is 0 Å². The Morgan fingerprint density at radius 2 is 1.37 bits per heavy atom. The number of aromatic nitrogens is 4. The fourth-order valence-electron chi connectivity index (χ4n) is 5.42. The molecule has 0 spiro atoms. The Labute approximate surface area is 260 Å². The maximum Gasteiger partial charge on any atom is 2.00 e. The fraction of sp³-hybridized carbons (Fsp3) is 0.333. The van der Waals surface area contributed by atoms with Crippen LogP contribution in [-0.2, 0) is 32.3 Å². The first kappa shape index (κ1) is 33.3. The molecule has 13 heteroatoms. The summed E-state index contributed by atoms with van der Waals surface area (Å²) in [5.74, 6) is 0. The van der Waals surface area contributed by atoms with E-state index in [0.717, 1.165) is 61.5 Å². The van der Waals surface area contributed by atoms with Crippen molar-refractivity contribution >= 4 is 60.1 Å². The molecule has 0 saturated carbocycles. The summed E-state index contributed by atoms with van der Waals surface area (Å²) < 4.78 is 23.1. The average molecular weight is 668 g/mol. The summed E-state index contributed by atoms with van der Waals surface area (Å²) in [7, 11) is -8.31. The van der Waals surface area contributed by atoms with Crippen LogP contribution in [0.4, 0.5) is 0 Å². The maximum absolute atomic E-state index is 11.6. The molecule has 5 rings (SSSR count). The first-order valence-corrected chi connectivity index (χ1v) is 17.4. The molecule has 0 unspecified atom stereocenters. The van der Waals surface area contributed by atoms with Crippen molar-refractivity contribution in [2.24, 2.45) is 0 Å². The second-order valence-corrected chi connectivity index (χ2v) is 14.6. The van der Waals surface area contributed by atoms with Crippen LogP contribution in [0.2, 0.25) is 0 Å². The standard InChI is InChI=1S/C30H34N4O6P2.Co/c1-17-11-22-14-27-19(3)23(7-5-9-41(35,36)37)29(33-27)16-30-24(8-6-10-42(38,39)40)20(4)28(34-30)15-26-18(2)12-21(32-26)13-25(17)31-22;/h11-16H,5-10H2,1-4H3,(H2,35,36,37)(H2,38,39,40);/q-2;+2. The molecule has 0 aliphatic carbocycles. The third-order valence-corrected chi connectivity index (χ3v) is 9.48. The quantitative estimate of drug-likeness (QED) is 0.217. The monoisotopic (exact) mass is 667 g/mol. The van der Waals surface area contributed by atoms with E-state index in [1.54, 1.807) is 0 Å². The number of aryl methyl sites for hydroxylation is 3. The van der Waals surface area contributed by atoms with Crippen molar-refractivity contribution in [2.45, 2.75) is 53.4 Å². The van der Waals surface area contributed by atoms with Crippen molar-refractivity contribution in [3.05, 3.63) is 69.8 Å². The summed E-state index contributed by atoms with van der Waals surface area (Å²) in [4.78, 5) is 57.2. The zero-order chi connectivity index (χ0) is 30.4. The van der Waals surface area contributed by atoms with Crippen molar-refractivity contribution in [1.29, 1.82) is 0 Å². The predicted octanol–water partition coefficient (Wildman–Crippen LogP) is 5.75. The summed E-state index contributed by atoms with van der Waals surface area (Å²) >= 11 is 0. The molecule has 10 nitrogen and oxygen atoms in total. The molecule has 4 N–H and O–H groups in total. The third-order valence-electron chi connectivity index (χ3n) is 7.68. The summed E-state index contributed by atoms with van der Waals surface area (Å²) in [6.45, 7) is 7.88. The number of allylic oxidation sites excluding steroid dienone is 3. The number of fused-ring (bicyclic) bond motifs is 8. The Balaban J connectivity index is 0.00000423. The van der Waals surface area contributed by atoms with E-state index in [2.05, 4.69) is 0 Å². The van der Waals surface area contributed by atoms with Crippen LogP contribution in [-0.4, -0.2) is 41.9 Å². The number of nitrogens with zero attached hydrogens (tertiary/aromatic N) is 4. The summed E-state index contributed by atoms with van der Waals surface area (Å²) in [6.07, 6.45) is 2.94. The van der Waals surface area contributed by atoms with Gasteiger partial charge in [0.05, 0.1) is 35.1 Å². The molecule has 0 aromatic carbocycles. The summed E-state index contributed by atoms with van der Waals surface area (Å²) in [5.41, 5.74) is 11.4. The minimum atomic E-state index is -4.15. The van der Waals surface area contributed by atoms with Gasteiger partial charge in [0.25, 0.3) is 0 Å². The van der Waals surface area contributed by atoms with E-state index in [4.69, 9.17) is 19.9 Å². The van der Waals surface area contributed by atoms with Gasteiger partial charge in [0.1, 0.15) is 0 Å². The van der Waals surface area contributed by atoms with E-state index in [-0.39, 0.29) is 41.9 Å². The van der Waals surface area contributed by atoms with E-state index < -0.39 is 15.2 Å². The van der Waals surface area contributed by atoms with Gasteiger partial charge < -0.3 is 29.5 Å². The van der Waals surface area contributed by atoms with Gasteiger partial charge in [-0.05, 0) is 76.2 Å². The largest absolute Gasteiger partial charge is 2.00 e. The molecule has 0 amide bonds. The molecule has 5 heterocycles. The molecule has 1 radical (unpaired) electrons.